The second-order valence-corrected chi connectivity index (χ2v) is 7.89. The molecule has 0 heterocycles. The average molecular weight is 466 g/mol. The van der Waals surface area contributed by atoms with E-state index in [0.717, 1.165) is 5.56 Å². The van der Waals surface area contributed by atoms with Crippen molar-refractivity contribution in [1.82, 2.24) is 10.6 Å². The summed E-state index contributed by atoms with van der Waals surface area (Å²) in [7, 11) is -3.34. The molecule has 172 valence electrons. The van der Waals surface area contributed by atoms with Gasteiger partial charge in [0.1, 0.15) is 5.75 Å². The molecule has 5 N–H and O–H groups in total. The largest absolute Gasteiger partial charge is 0.497 e. The summed E-state index contributed by atoms with van der Waals surface area (Å²) < 4.78 is 20.0. The van der Waals surface area contributed by atoms with Gasteiger partial charge in [0, 0.05) is 12.1 Å². The maximum absolute atomic E-state index is 12.3. The second kappa shape index (κ2) is 11.4. The first kappa shape index (κ1) is 25.0. The summed E-state index contributed by atoms with van der Waals surface area (Å²) >= 11 is 0. The van der Waals surface area contributed by atoms with Gasteiger partial charge in [0.2, 0.25) is 5.91 Å². The number of carboxylic acids is 1. The van der Waals surface area contributed by atoms with Gasteiger partial charge in [-0.05, 0) is 35.4 Å². The fourth-order valence-corrected chi connectivity index (χ4v) is 2.95. The van der Waals surface area contributed by atoms with E-state index in [9.17, 15) is 18.9 Å². The van der Waals surface area contributed by atoms with Gasteiger partial charge >= 0.3 is 13.8 Å². The van der Waals surface area contributed by atoms with Crippen LogP contribution in [0.25, 0.3) is 0 Å². The molecule has 2 aromatic rings. The number of carboxylic acid groups (broad SMARTS) is 1. The molecule has 0 spiro atoms. The van der Waals surface area contributed by atoms with Crippen LogP contribution in [0.2, 0.25) is 0 Å². The zero-order valence-corrected chi connectivity index (χ0v) is 18.0. The van der Waals surface area contributed by atoms with Crippen LogP contribution in [0.3, 0.4) is 0 Å². The van der Waals surface area contributed by atoms with Gasteiger partial charge in [-0.2, -0.15) is 0 Å². The van der Waals surface area contributed by atoms with Crippen molar-refractivity contribution in [2.45, 2.75) is 19.0 Å². The van der Waals surface area contributed by atoms with Crippen LogP contribution in [0.5, 0.6) is 5.75 Å². The minimum absolute atomic E-state index is 0.106. The number of phosphoric ester groups is 1. The third kappa shape index (κ3) is 8.48. The van der Waals surface area contributed by atoms with E-state index in [2.05, 4.69) is 15.2 Å². The number of benzene rings is 2. The van der Waals surface area contributed by atoms with Crippen LogP contribution in [0, 0.1) is 0 Å². The van der Waals surface area contributed by atoms with Gasteiger partial charge in [0.05, 0.1) is 20.1 Å². The average Bonchev–Trinajstić information content (AvgIpc) is 2.75. The first-order valence-corrected chi connectivity index (χ1v) is 10.8. The van der Waals surface area contributed by atoms with Crippen molar-refractivity contribution < 1.29 is 43.1 Å². The molecule has 1 atom stereocenters. The highest BCUT2D eigenvalue weighted by Crippen LogP contribution is 2.35. The van der Waals surface area contributed by atoms with E-state index in [1.807, 2.05) is 0 Å². The number of rotatable bonds is 11. The Balaban J connectivity index is 1.93. The zero-order valence-electron chi connectivity index (χ0n) is 17.1. The summed E-state index contributed by atoms with van der Waals surface area (Å²) in [5.41, 5.74) is 1.50. The fourth-order valence-electron chi connectivity index (χ4n) is 2.60. The first-order valence-electron chi connectivity index (χ1n) is 9.29. The maximum Gasteiger partial charge on any atom is 0.469 e. The first-order chi connectivity index (χ1) is 15.1. The lowest BCUT2D eigenvalue weighted by atomic mass is 10.1. The van der Waals surface area contributed by atoms with E-state index in [-0.39, 0.29) is 24.4 Å². The van der Waals surface area contributed by atoms with Gasteiger partial charge in [-0.1, -0.05) is 24.3 Å². The molecule has 0 aliphatic heterocycles. The van der Waals surface area contributed by atoms with E-state index < -0.39 is 32.3 Å². The molecule has 32 heavy (non-hydrogen) atoms. The van der Waals surface area contributed by atoms with Crippen LogP contribution in [0.1, 0.15) is 21.5 Å². The smallest absolute Gasteiger partial charge is 0.469 e. The molecule has 0 aliphatic rings. The van der Waals surface area contributed by atoms with Crippen LogP contribution in [-0.4, -0.2) is 52.4 Å². The van der Waals surface area contributed by atoms with E-state index >= 15 is 0 Å². The Morgan fingerprint density at radius 2 is 1.75 bits per heavy atom. The predicted octanol–water partition coefficient (Wildman–Crippen LogP) is 0.846. The van der Waals surface area contributed by atoms with E-state index in [1.54, 1.807) is 43.5 Å². The number of carbonyl (C=O) groups is 3. The molecule has 2 aromatic carbocycles. The summed E-state index contributed by atoms with van der Waals surface area (Å²) in [6, 6.07) is 11.5. The Kier molecular flexibility index (Phi) is 8.91. The second-order valence-electron chi connectivity index (χ2n) is 6.65. The monoisotopic (exact) mass is 466 g/mol. The number of nitrogens with one attached hydrogen (secondary N) is 2. The molecule has 0 aliphatic carbocycles. The molecule has 11 nitrogen and oxygen atoms in total. The van der Waals surface area contributed by atoms with Crippen molar-refractivity contribution in [3.8, 4) is 5.75 Å². The topological polar surface area (TPSA) is 171 Å². The summed E-state index contributed by atoms with van der Waals surface area (Å²) in [5, 5.41) is 14.0. The summed E-state index contributed by atoms with van der Waals surface area (Å²) in [6.45, 7) is -0.772. The molecular weight excluding hydrogens is 443 g/mol. The molecule has 12 heteroatoms. The number of ether oxygens (including phenoxy) is 1. The van der Waals surface area contributed by atoms with Crippen molar-refractivity contribution in [2.24, 2.45) is 0 Å². The number of methoxy groups -OCH3 is 1. The molecule has 2 amide bonds. The van der Waals surface area contributed by atoms with Gasteiger partial charge in [-0.3, -0.25) is 14.1 Å². The van der Waals surface area contributed by atoms with Gasteiger partial charge in [-0.25, -0.2) is 9.36 Å². The molecule has 1 unspecified atom stereocenters. The molecule has 0 bridgehead atoms. The lowest BCUT2D eigenvalue weighted by molar-refractivity contribution is -0.140. The van der Waals surface area contributed by atoms with Crippen molar-refractivity contribution in [1.29, 1.82) is 0 Å². The number of amides is 2. The molecule has 0 saturated heterocycles. The van der Waals surface area contributed by atoms with Crippen LogP contribution in [0.4, 0.5) is 0 Å². The van der Waals surface area contributed by atoms with Crippen LogP contribution in [-0.2, 0) is 31.6 Å². The Labute approximate surface area is 183 Å². The van der Waals surface area contributed by atoms with Crippen LogP contribution >= 0.6 is 7.82 Å². The molecule has 0 saturated carbocycles. The van der Waals surface area contributed by atoms with E-state index in [4.69, 9.17) is 19.6 Å². The summed E-state index contributed by atoms with van der Waals surface area (Å²) in [4.78, 5) is 53.1. The normalized spacial score (nSPS) is 12.0. The van der Waals surface area contributed by atoms with Gasteiger partial charge < -0.3 is 30.3 Å². The lowest BCUT2D eigenvalue weighted by Crippen LogP contribution is -2.43. The Morgan fingerprint density at radius 1 is 1.06 bits per heavy atom. The third-order valence-corrected chi connectivity index (χ3v) is 4.70. The number of hydrogen-bond donors (Lipinski definition) is 5. The molecule has 2 rings (SSSR count). The highest BCUT2D eigenvalue weighted by molar-refractivity contribution is 7.46. The zero-order chi connectivity index (χ0) is 23.7. The highest BCUT2D eigenvalue weighted by atomic mass is 31.2. The van der Waals surface area contributed by atoms with Crippen molar-refractivity contribution in [2.75, 3.05) is 13.7 Å². The standard InChI is InChI=1S/C20H23N2O9P/c1-30-16-7-5-13(6-8-16)10-18(23)21-11-14-3-2-4-15(9-14)19(24)22-17(20(25)26)12-31-32(27,28)29/h2-9,17H,10-12H2,1H3,(H,21,23)(H,22,24)(H,25,26)(H2,27,28,29). The van der Waals surface area contributed by atoms with E-state index in [1.165, 1.54) is 12.1 Å². The summed E-state index contributed by atoms with van der Waals surface area (Å²) in [5.74, 6) is -1.85. The number of aliphatic carboxylic acids is 1. The Bertz CT molecular complexity index is 1000. The fraction of sp³-hybridized carbons (Fsp3) is 0.250. The van der Waals surface area contributed by atoms with Crippen molar-refractivity contribution in [3.05, 3.63) is 65.2 Å². The molecule has 0 radical (unpaired) electrons. The molecule has 0 aromatic heterocycles. The van der Waals surface area contributed by atoms with Gasteiger partial charge in [0.25, 0.3) is 5.91 Å². The van der Waals surface area contributed by atoms with Crippen LogP contribution in [0.15, 0.2) is 48.5 Å². The minimum Gasteiger partial charge on any atom is -0.497 e. The Morgan fingerprint density at radius 3 is 2.34 bits per heavy atom. The van der Waals surface area contributed by atoms with Gasteiger partial charge in [-0.15, -0.1) is 0 Å². The van der Waals surface area contributed by atoms with Crippen molar-refractivity contribution >= 4 is 25.6 Å². The van der Waals surface area contributed by atoms with Gasteiger partial charge in [0.15, 0.2) is 6.04 Å². The number of carbonyl (C=O) groups excluding carboxylic acids is 2. The SMILES string of the molecule is COc1ccc(CC(=O)NCc2cccc(C(=O)NC(COP(=O)(O)O)C(=O)O)c2)cc1. The predicted molar refractivity (Wildman–Crippen MR) is 112 cm³/mol. The van der Waals surface area contributed by atoms with Crippen LogP contribution < -0.4 is 15.4 Å². The summed E-state index contributed by atoms with van der Waals surface area (Å²) in [6.07, 6.45) is 0.157. The highest BCUT2D eigenvalue weighted by Gasteiger charge is 2.25. The minimum atomic E-state index is -4.89. The lowest BCUT2D eigenvalue weighted by Gasteiger charge is -2.15. The molecular formula is C20H23N2O9P. The third-order valence-electron chi connectivity index (χ3n) is 4.22. The Hall–Kier alpha value is -3.24. The maximum atomic E-state index is 12.3. The van der Waals surface area contributed by atoms with E-state index in [0.29, 0.717) is 11.3 Å². The quantitative estimate of drug-likeness (QED) is 0.301. The number of hydrogen-bond acceptors (Lipinski definition) is 6. The van der Waals surface area contributed by atoms with Crippen molar-refractivity contribution in [3.63, 3.8) is 0 Å². The number of phosphoric acid groups is 1. The molecule has 0 fully saturated rings.